The van der Waals surface area contributed by atoms with Gasteiger partial charge in [-0.15, -0.1) is 0 Å². The second-order valence-corrected chi connectivity index (χ2v) is 4.60. The van der Waals surface area contributed by atoms with Crippen molar-refractivity contribution in [2.24, 2.45) is 0 Å². The highest BCUT2D eigenvalue weighted by Gasteiger charge is 2.12. The van der Waals surface area contributed by atoms with Gasteiger partial charge in [-0.2, -0.15) is 0 Å². The number of amides is 2. The van der Waals surface area contributed by atoms with Gasteiger partial charge in [-0.1, -0.05) is 12.1 Å². The highest BCUT2D eigenvalue weighted by molar-refractivity contribution is 9.10. The molecule has 0 spiro atoms. The lowest BCUT2D eigenvalue weighted by Gasteiger charge is -2.12. The van der Waals surface area contributed by atoms with E-state index < -0.39 is 6.04 Å². The Hall–Kier alpha value is -1.40. The number of hydrogen-bond acceptors (Lipinski definition) is 3. The largest absolute Gasteiger partial charge is 0.358 e. The van der Waals surface area contributed by atoms with Gasteiger partial charge in [0.15, 0.2) is 0 Å². The zero-order valence-corrected chi connectivity index (χ0v) is 11.9. The molecule has 0 fully saturated rings. The SMILES string of the molecule is CNC(=O)C(C)NCC(=O)Nc1ccccc1Br. The molecule has 0 aromatic heterocycles. The summed E-state index contributed by atoms with van der Waals surface area (Å²) in [6, 6.07) is 6.94. The van der Waals surface area contributed by atoms with Gasteiger partial charge in [-0.25, -0.2) is 0 Å². The van der Waals surface area contributed by atoms with Crippen molar-refractivity contribution in [3.63, 3.8) is 0 Å². The fourth-order valence-electron chi connectivity index (χ4n) is 1.31. The van der Waals surface area contributed by atoms with Crippen molar-refractivity contribution >= 4 is 33.4 Å². The van der Waals surface area contributed by atoms with E-state index >= 15 is 0 Å². The van der Waals surface area contributed by atoms with Crippen LogP contribution in [0.15, 0.2) is 28.7 Å². The average molecular weight is 314 g/mol. The Morgan fingerprint density at radius 3 is 2.61 bits per heavy atom. The van der Waals surface area contributed by atoms with Crippen molar-refractivity contribution in [2.45, 2.75) is 13.0 Å². The van der Waals surface area contributed by atoms with Gasteiger partial charge in [0.1, 0.15) is 0 Å². The van der Waals surface area contributed by atoms with Gasteiger partial charge in [0.05, 0.1) is 18.3 Å². The Kier molecular flexibility index (Phi) is 5.80. The highest BCUT2D eigenvalue weighted by atomic mass is 79.9. The average Bonchev–Trinajstić information content (AvgIpc) is 2.37. The van der Waals surface area contributed by atoms with Crippen LogP contribution in [0.3, 0.4) is 0 Å². The van der Waals surface area contributed by atoms with Crippen molar-refractivity contribution in [3.05, 3.63) is 28.7 Å². The molecular formula is C12H16BrN3O2. The molecule has 0 aliphatic carbocycles. The Morgan fingerprint density at radius 1 is 1.33 bits per heavy atom. The molecule has 0 saturated carbocycles. The molecule has 1 atom stereocenters. The molecule has 0 radical (unpaired) electrons. The molecule has 0 aliphatic heterocycles. The molecule has 5 nitrogen and oxygen atoms in total. The first kappa shape index (κ1) is 14.7. The zero-order valence-electron chi connectivity index (χ0n) is 10.3. The molecule has 1 aromatic carbocycles. The molecule has 3 N–H and O–H groups in total. The molecule has 98 valence electrons. The molecule has 18 heavy (non-hydrogen) atoms. The fraction of sp³-hybridized carbons (Fsp3) is 0.333. The Bertz CT molecular complexity index is 437. The summed E-state index contributed by atoms with van der Waals surface area (Å²) in [7, 11) is 1.56. The Balaban J connectivity index is 2.43. The summed E-state index contributed by atoms with van der Waals surface area (Å²) in [6.45, 7) is 1.78. The van der Waals surface area contributed by atoms with Crippen LogP contribution < -0.4 is 16.0 Å². The van der Waals surface area contributed by atoms with Crippen LogP contribution in [0.2, 0.25) is 0 Å². The number of nitrogens with one attached hydrogen (secondary N) is 3. The number of para-hydroxylation sites is 1. The van der Waals surface area contributed by atoms with Crippen LogP contribution in [-0.2, 0) is 9.59 Å². The zero-order chi connectivity index (χ0) is 13.5. The number of halogens is 1. The van der Waals surface area contributed by atoms with Crippen LogP contribution in [0.4, 0.5) is 5.69 Å². The molecule has 2 amide bonds. The van der Waals surface area contributed by atoms with E-state index in [0.717, 1.165) is 4.47 Å². The number of anilines is 1. The number of carbonyl (C=O) groups excluding carboxylic acids is 2. The van der Waals surface area contributed by atoms with Crippen molar-refractivity contribution in [2.75, 3.05) is 18.9 Å². The normalized spacial score (nSPS) is 11.7. The van der Waals surface area contributed by atoms with Crippen LogP contribution in [0, 0.1) is 0 Å². The number of likely N-dealkylation sites (N-methyl/N-ethyl adjacent to an activating group) is 1. The molecule has 1 rings (SSSR count). The summed E-state index contributed by atoms with van der Waals surface area (Å²) in [6.07, 6.45) is 0. The summed E-state index contributed by atoms with van der Waals surface area (Å²) in [5.74, 6) is -0.346. The van der Waals surface area contributed by atoms with Crippen molar-refractivity contribution in [1.29, 1.82) is 0 Å². The second-order valence-electron chi connectivity index (χ2n) is 3.74. The van der Waals surface area contributed by atoms with Crippen LogP contribution in [0.25, 0.3) is 0 Å². The van der Waals surface area contributed by atoms with E-state index in [4.69, 9.17) is 0 Å². The first-order valence-electron chi connectivity index (χ1n) is 5.54. The highest BCUT2D eigenvalue weighted by Crippen LogP contribution is 2.20. The van der Waals surface area contributed by atoms with Crippen LogP contribution in [0.5, 0.6) is 0 Å². The van der Waals surface area contributed by atoms with E-state index in [9.17, 15) is 9.59 Å². The van der Waals surface area contributed by atoms with Crippen molar-refractivity contribution in [3.8, 4) is 0 Å². The summed E-state index contributed by atoms with van der Waals surface area (Å²) >= 11 is 3.34. The lowest BCUT2D eigenvalue weighted by Crippen LogP contribution is -2.43. The third kappa shape index (κ3) is 4.46. The van der Waals surface area contributed by atoms with Crippen molar-refractivity contribution in [1.82, 2.24) is 10.6 Å². The van der Waals surface area contributed by atoms with Gasteiger partial charge < -0.3 is 10.6 Å². The molecule has 0 bridgehead atoms. The van der Waals surface area contributed by atoms with Gasteiger partial charge in [0.2, 0.25) is 11.8 Å². The number of carbonyl (C=O) groups is 2. The molecule has 1 aromatic rings. The van der Waals surface area contributed by atoms with E-state index in [0.29, 0.717) is 5.69 Å². The molecule has 1 unspecified atom stereocenters. The minimum Gasteiger partial charge on any atom is -0.358 e. The van der Waals surface area contributed by atoms with E-state index in [1.807, 2.05) is 18.2 Å². The minimum atomic E-state index is -0.403. The maximum atomic E-state index is 11.7. The van der Waals surface area contributed by atoms with Gasteiger partial charge in [-0.3, -0.25) is 14.9 Å². The van der Waals surface area contributed by atoms with Gasteiger partial charge in [0.25, 0.3) is 0 Å². The molecule has 0 aliphatic rings. The van der Waals surface area contributed by atoms with Gasteiger partial charge in [0, 0.05) is 11.5 Å². The third-order valence-electron chi connectivity index (χ3n) is 2.36. The Labute approximate surface area is 114 Å². The van der Waals surface area contributed by atoms with Crippen LogP contribution in [0.1, 0.15) is 6.92 Å². The van der Waals surface area contributed by atoms with E-state index in [2.05, 4.69) is 31.9 Å². The summed E-state index contributed by atoms with van der Waals surface area (Å²) in [5, 5.41) is 8.08. The number of benzene rings is 1. The van der Waals surface area contributed by atoms with Crippen LogP contribution >= 0.6 is 15.9 Å². The van der Waals surface area contributed by atoms with Crippen molar-refractivity contribution < 1.29 is 9.59 Å². The number of hydrogen-bond donors (Lipinski definition) is 3. The topological polar surface area (TPSA) is 70.2 Å². The van der Waals surface area contributed by atoms with Gasteiger partial charge >= 0.3 is 0 Å². The van der Waals surface area contributed by atoms with E-state index in [-0.39, 0.29) is 18.4 Å². The maximum Gasteiger partial charge on any atom is 0.238 e. The summed E-state index contributed by atoms with van der Waals surface area (Å²) in [5.41, 5.74) is 0.705. The Morgan fingerprint density at radius 2 is 2.00 bits per heavy atom. The van der Waals surface area contributed by atoms with E-state index in [1.54, 1.807) is 20.0 Å². The molecule has 0 heterocycles. The smallest absolute Gasteiger partial charge is 0.238 e. The summed E-state index contributed by atoms with van der Waals surface area (Å²) < 4.78 is 0.817. The van der Waals surface area contributed by atoms with Crippen LogP contribution in [-0.4, -0.2) is 31.4 Å². The predicted octanol–water partition coefficient (Wildman–Crippen LogP) is 1.11. The summed E-state index contributed by atoms with van der Waals surface area (Å²) in [4.78, 5) is 22.9. The quantitative estimate of drug-likeness (QED) is 0.762. The predicted molar refractivity (Wildman–Crippen MR) is 74.3 cm³/mol. The standard InChI is InChI=1S/C12H16BrN3O2/c1-8(12(18)14-2)15-7-11(17)16-10-6-4-3-5-9(10)13/h3-6,8,15H,7H2,1-2H3,(H,14,18)(H,16,17). The third-order valence-corrected chi connectivity index (χ3v) is 3.05. The monoisotopic (exact) mass is 313 g/mol. The minimum absolute atomic E-state index is 0.0793. The number of rotatable bonds is 5. The first-order valence-corrected chi connectivity index (χ1v) is 6.33. The van der Waals surface area contributed by atoms with E-state index in [1.165, 1.54) is 0 Å². The first-order chi connectivity index (χ1) is 8.54. The second kappa shape index (κ2) is 7.13. The molecule has 0 saturated heterocycles. The fourth-order valence-corrected chi connectivity index (χ4v) is 1.70. The maximum absolute atomic E-state index is 11.7. The lowest BCUT2D eigenvalue weighted by atomic mass is 10.3. The lowest BCUT2D eigenvalue weighted by molar-refractivity contribution is -0.122. The molecule has 6 heteroatoms. The van der Waals surface area contributed by atoms with Gasteiger partial charge in [-0.05, 0) is 35.0 Å². The molecular weight excluding hydrogens is 298 g/mol.